The van der Waals surface area contributed by atoms with E-state index in [1.54, 1.807) is 7.11 Å². The van der Waals surface area contributed by atoms with E-state index in [-0.39, 0.29) is 11.8 Å². The van der Waals surface area contributed by atoms with E-state index in [0.29, 0.717) is 13.1 Å². The van der Waals surface area contributed by atoms with Crippen LogP contribution in [0.5, 0.6) is 5.75 Å². The van der Waals surface area contributed by atoms with Gasteiger partial charge in [-0.2, -0.15) is 0 Å². The number of primary amides is 1. The molecule has 144 valence electrons. The summed E-state index contributed by atoms with van der Waals surface area (Å²) in [6, 6.07) is 6.84. The second-order valence-corrected chi connectivity index (χ2v) is 6.82. The zero-order valence-electron chi connectivity index (χ0n) is 15.9. The summed E-state index contributed by atoms with van der Waals surface area (Å²) >= 11 is 0. The van der Waals surface area contributed by atoms with Gasteiger partial charge in [-0.05, 0) is 23.6 Å². The van der Waals surface area contributed by atoms with E-state index in [0.717, 1.165) is 31.8 Å². The van der Waals surface area contributed by atoms with Gasteiger partial charge in [-0.3, -0.25) is 9.69 Å². The molecule has 1 aliphatic rings. The quantitative estimate of drug-likeness (QED) is 0.768. The van der Waals surface area contributed by atoms with E-state index in [9.17, 15) is 9.59 Å². The van der Waals surface area contributed by atoms with Crippen molar-refractivity contribution < 1.29 is 14.3 Å². The van der Waals surface area contributed by atoms with Crippen LogP contribution in [0.3, 0.4) is 0 Å². The van der Waals surface area contributed by atoms with Crippen molar-refractivity contribution in [1.29, 1.82) is 0 Å². The van der Waals surface area contributed by atoms with E-state index < -0.39 is 12.1 Å². The molecule has 3 amide bonds. The molecule has 0 unspecified atom stereocenters. The SMILES string of the molecule is CC[C@H](C)[C@H](NC(N)=O)C(=O)N1CCN(Cc2ccc(OC)cc2)CC1. The van der Waals surface area contributed by atoms with Crippen molar-refractivity contribution in [2.45, 2.75) is 32.9 Å². The molecule has 0 bridgehead atoms. The van der Waals surface area contributed by atoms with Crippen molar-refractivity contribution >= 4 is 11.9 Å². The average molecular weight is 362 g/mol. The van der Waals surface area contributed by atoms with Gasteiger partial charge in [-0.1, -0.05) is 32.4 Å². The second-order valence-electron chi connectivity index (χ2n) is 6.82. The Labute approximate surface area is 155 Å². The van der Waals surface area contributed by atoms with Crippen molar-refractivity contribution in [2.75, 3.05) is 33.3 Å². The molecule has 2 rings (SSSR count). The van der Waals surface area contributed by atoms with E-state index in [4.69, 9.17) is 10.5 Å². The maximum atomic E-state index is 12.8. The maximum Gasteiger partial charge on any atom is 0.312 e. The minimum Gasteiger partial charge on any atom is -0.497 e. The van der Waals surface area contributed by atoms with Crippen LogP contribution < -0.4 is 15.8 Å². The van der Waals surface area contributed by atoms with Crippen LogP contribution in [0.1, 0.15) is 25.8 Å². The zero-order valence-corrected chi connectivity index (χ0v) is 15.9. The Balaban J connectivity index is 1.89. The summed E-state index contributed by atoms with van der Waals surface area (Å²) in [4.78, 5) is 28.2. The van der Waals surface area contributed by atoms with Gasteiger partial charge in [-0.25, -0.2) is 4.79 Å². The highest BCUT2D eigenvalue weighted by Gasteiger charge is 2.31. The number of rotatable bonds is 7. The summed E-state index contributed by atoms with van der Waals surface area (Å²) in [5, 5.41) is 2.61. The molecule has 2 atom stereocenters. The fourth-order valence-corrected chi connectivity index (χ4v) is 3.15. The molecule has 1 heterocycles. The fraction of sp³-hybridized carbons (Fsp3) is 0.579. The van der Waals surface area contributed by atoms with Crippen molar-refractivity contribution in [3.63, 3.8) is 0 Å². The molecule has 7 nitrogen and oxygen atoms in total. The minimum absolute atomic E-state index is 0.0396. The van der Waals surface area contributed by atoms with Crippen molar-refractivity contribution in [2.24, 2.45) is 11.7 Å². The highest BCUT2D eigenvalue weighted by atomic mass is 16.5. The maximum absolute atomic E-state index is 12.8. The number of urea groups is 1. The number of methoxy groups -OCH3 is 1. The van der Waals surface area contributed by atoms with E-state index >= 15 is 0 Å². The number of benzene rings is 1. The lowest BCUT2D eigenvalue weighted by Gasteiger charge is -2.37. The highest BCUT2D eigenvalue weighted by Crippen LogP contribution is 2.16. The number of carbonyl (C=O) groups excluding carboxylic acids is 2. The summed E-state index contributed by atoms with van der Waals surface area (Å²) in [5.41, 5.74) is 6.46. The van der Waals surface area contributed by atoms with Gasteiger partial charge in [0.2, 0.25) is 5.91 Å². The van der Waals surface area contributed by atoms with Gasteiger partial charge in [0.05, 0.1) is 7.11 Å². The Hall–Kier alpha value is -2.28. The van der Waals surface area contributed by atoms with Crippen LogP contribution in [-0.2, 0) is 11.3 Å². The van der Waals surface area contributed by atoms with Crippen molar-refractivity contribution in [3.8, 4) is 5.75 Å². The number of hydrogen-bond donors (Lipinski definition) is 2. The predicted octanol–water partition coefficient (Wildman–Crippen LogP) is 1.42. The van der Waals surface area contributed by atoms with Crippen LogP contribution >= 0.6 is 0 Å². The van der Waals surface area contributed by atoms with Crippen LogP contribution in [0, 0.1) is 5.92 Å². The first-order valence-electron chi connectivity index (χ1n) is 9.14. The number of nitrogens with zero attached hydrogens (tertiary/aromatic N) is 2. The Bertz CT molecular complexity index is 597. The summed E-state index contributed by atoms with van der Waals surface area (Å²) in [5.74, 6) is 0.858. The van der Waals surface area contributed by atoms with Crippen LogP contribution in [0.15, 0.2) is 24.3 Å². The Morgan fingerprint density at radius 3 is 2.31 bits per heavy atom. The topological polar surface area (TPSA) is 87.9 Å². The normalized spacial score (nSPS) is 17.4. The number of ether oxygens (including phenoxy) is 1. The van der Waals surface area contributed by atoms with E-state index in [2.05, 4.69) is 22.3 Å². The zero-order chi connectivity index (χ0) is 19.1. The molecule has 0 aliphatic carbocycles. The van der Waals surface area contributed by atoms with E-state index in [1.165, 1.54) is 5.56 Å². The molecular weight excluding hydrogens is 332 g/mol. The number of nitrogens with one attached hydrogen (secondary N) is 1. The molecule has 0 saturated carbocycles. The van der Waals surface area contributed by atoms with Crippen LogP contribution in [0.4, 0.5) is 4.79 Å². The summed E-state index contributed by atoms with van der Waals surface area (Å²) in [6.45, 7) is 7.73. The fourth-order valence-electron chi connectivity index (χ4n) is 3.15. The van der Waals surface area contributed by atoms with Gasteiger partial charge >= 0.3 is 6.03 Å². The molecule has 3 N–H and O–H groups in total. The molecule has 1 aliphatic heterocycles. The third-order valence-electron chi connectivity index (χ3n) is 5.03. The van der Waals surface area contributed by atoms with Crippen molar-refractivity contribution in [1.82, 2.24) is 15.1 Å². The Morgan fingerprint density at radius 2 is 1.81 bits per heavy atom. The monoisotopic (exact) mass is 362 g/mol. The first-order valence-corrected chi connectivity index (χ1v) is 9.14. The lowest BCUT2D eigenvalue weighted by molar-refractivity contribution is -0.136. The van der Waals surface area contributed by atoms with Gasteiger partial charge < -0.3 is 20.7 Å². The van der Waals surface area contributed by atoms with Gasteiger partial charge in [0.25, 0.3) is 0 Å². The smallest absolute Gasteiger partial charge is 0.312 e. The lowest BCUT2D eigenvalue weighted by atomic mass is 9.97. The molecule has 0 spiro atoms. The molecule has 7 heteroatoms. The van der Waals surface area contributed by atoms with Gasteiger partial charge in [0.15, 0.2) is 0 Å². The third-order valence-corrected chi connectivity index (χ3v) is 5.03. The molecule has 1 fully saturated rings. The number of hydrogen-bond acceptors (Lipinski definition) is 4. The molecular formula is C19H30N4O3. The number of nitrogens with two attached hydrogens (primary N) is 1. The minimum atomic E-state index is -0.651. The predicted molar refractivity (Wildman–Crippen MR) is 101 cm³/mol. The van der Waals surface area contributed by atoms with E-state index in [1.807, 2.05) is 30.9 Å². The third kappa shape index (κ3) is 5.36. The van der Waals surface area contributed by atoms with Crippen LogP contribution in [0.25, 0.3) is 0 Å². The second kappa shape index (κ2) is 9.43. The summed E-state index contributed by atoms with van der Waals surface area (Å²) in [6.07, 6.45) is 0.800. The van der Waals surface area contributed by atoms with Crippen molar-refractivity contribution in [3.05, 3.63) is 29.8 Å². The molecule has 0 radical (unpaired) electrons. The molecule has 1 aromatic rings. The van der Waals surface area contributed by atoms with Gasteiger partial charge in [0, 0.05) is 32.7 Å². The Kier molecular flexibility index (Phi) is 7.26. The molecule has 26 heavy (non-hydrogen) atoms. The summed E-state index contributed by atoms with van der Waals surface area (Å²) < 4.78 is 5.18. The lowest BCUT2D eigenvalue weighted by Crippen LogP contribution is -2.57. The number of amides is 3. The summed E-state index contributed by atoms with van der Waals surface area (Å²) in [7, 11) is 1.66. The first kappa shape index (κ1) is 20.0. The Morgan fingerprint density at radius 1 is 1.19 bits per heavy atom. The molecule has 1 saturated heterocycles. The average Bonchev–Trinajstić information content (AvgIpc) is 2.66. The van der Waals surface area contributed by atoms with Crippen LogP contribution in [0.2, 0.25) is 0 Å². The van der Waals surface area contributed by atoms with Crippen LogP contribution in [-0.4, -0.2) is 61.1 Å². The largest absolute Gasteiger partial charge is 0.497 e. The number of piperazine rings is 1. The molecule has 0 aromatic heterocycles. The standard InChI is InChI=1S/C19H30N4O3/c1-4-14(2)17(21-19(20)25)18(24)23-11-9-22(10-12-23)13-15-5-7-16(26-3)8-6-15/h5-8,14,17H,4,9-13H2,1-3H3,(H3,20,21,25)/t14-,17-/m0/s1. The molecule has 1 aromatic carbocycles. The van der Waals surface area contributed by atoms with Gasteiger partial charge in [-0.15, -0.1) is 0 Å². The van der Waals surface area contributed by atoms with Gasteiger partial charge in [0.1, 0.15) is 11.8 Å². The highest BCUT2D eigenvalue weighted by molar-refractivity contribution is 5.87. The first-order chi connectivity index (χ1) is 12.4. The number of carbonyl (C=O) groups is 2.